The minimum Gasteiger partial charge on any atom is -0.436 e. The Bertz CT molecular complexity index is 6210. The number of fused-ring (bicyclic) bond motifs is 27. The third-order valence-electron chi connectivity index (χ3n) is 17.5. The third kappa shape index (κ3) is 8.44. The Morgan fingerprint density at radius 2 is 0.689 bits per heavy atom. The average molecular weight is 1260 g/mol. The van der Waals surface area contributed by atoms with Crippen molar-refractivity contribution in [2.45, 2.75) is 0 Å². The van der Waals surface area contributed by atoms with E-state index in [1.807, 2.05) is 54.7 Å². The van der Waals surface area contributed by atoms with E-state index in [-0.39, 0.29) is 0 Å². The highest BCUT2D eigenvalue weighted by molar-refractivity contribution is 9.10. The third-order valence-corrected chi connectivity index (χ3v) is 18.3. The monoisotopic (exact) mass is 1260 g/mol. The summed E-state index contributed by atoms with van der Waals surface area (Å²) in [5.74, 6) is 0. The van der Waals surface area contributed by atoms with E-state index in [0.29, 0.717) is 37.4 Å². The van der Waals surface area contributed by atoms with Gasteiger partial charge in [0.2, 0.25) is 17.1 Å². The summed E-state index contributed by atoms with van der Waals surface area (Å²) in [5, 5.41) is 25.9. The Hall–Kier alpha value is -10.9. The van der Waals surface area contributed by atoms with E-state index in [2.05, 4.69) is 218 Å². The van der Waals surface area contributed by atoms with Crippen LogP contribution < -0.4 is 0 Å². The highest BCUT2D eigenvalue weighted by atomic mass is 79.9. The van der Waals surface area contributed by atoms with Crippen LogP contribution in [0.4, 0.5) is 0 Å². The van der Waals surface area contributed by atoms with Gasteiger partial charge in [0.25, 0.3) is 0 Å². The van der Waals surface area contributed by atoms with E-state index in [9.17, 15) is 0 Å². The number of nitrogens with zero attached hydrogens (tertiary/aromatic N) is 6. The van der Waals surface area contributed by atoms with Crippen LogP contribution in [-0.4, -0.2) is 29.9 Å². The molecule has 0 N–H and O–H groups in total. The molecule has 0 aliphatic heterocycles. The molecule has 0 aliphatic rings. The number of halogens is 3. The molecule has 20 rings (SSSR count). The van der Waals surface area contributed by atoms with Crippen molar-refractivity contribution in [1.82, 2.24) is 29.9 Å². The summed E-state index contributed by atoms with van der Waals surface area (Å²) in [6, 6.07) is 80.2. The van der Waals surface area contributed by atoms with Gasteiger partial charge < -0.3 is 13.3 Å². The number of aromatic nitrogens is 6. The molecule has 0 unspecified atom stereocenters. The molecule has 12 heteroatoms. The first kappa shape index (κ1) is 52.3. The Balaban J connectivity index is 0.000000103. The first-order valence-electron chi connectivity index (χ1n) is 29.3. The Morgan fingerprint density at radius 3 is 1.22 bits per heavy atom. The largest absolute Gasteiger partial charge is 0.436 e. The van der Waals surface area contributed by atoms with Crippen molar-refractivity contribution in [2.24, 2.45) is 0 Å². The number of hydrogen-bond acceptors (Lipinski definition) is 9. The molecule has 14 aromatic carbocycles. The predicted octanol–water partition coefficient (Wildman–Crippen LogP) is 22.9. The van der Waals surface area contributed by atoms with E-state index in [0.717, 1.165) is 82.5 Å². The highest BCUT2D eigenvalue weighted by Gasteiger charge is 2.20. The van der Waals surface area contributed by atoms with E-state index in [4.69, 9.17) is 46.4 Å². The zero-order valence-electron chi connectivity index (χ0n) is 47.2. The van der Waals surface area contributed by atoms with Crippen LogP contribution >= 0.6 is 39.1 Å². The van der Waals surface area contributed by atoms with Crippen molar-refractivity contribution in [3.63, 3.8) is 0 Å². The molecule has 0 fully saturated rings. The van der Waals surface area contributed by atoms with Crippen LogP contribution in [0.2, 0.25) is 10.2 Å². The van der Waals surface area contributed by atoms with E-state index < -0.39 is 0 Å². The maximum atomic E-state index is 6.24. The van der Waals surface area contributed by atoms with Gasteiger partial charge in [0.15, 0.2) is 0 Å². The van der Waals surface area contributed by atoms with Crippen molar-refractivity contribution < 1.29 is 13.3 Å². The minimum absolute atomic E-state index is 0.365. The molecular weight excluding hydrogens is 1220 g/mol. The van der Waals surface area contributed by atoms with Crippen molar-refractivity contribution >= 4 is 203 Å². The topological polar surface area (TPSA) is 117 Å². The summed E-state index contributed by atoms with van der Waals surface area (Å²) in [5.41, 5.74) is 10.1. The molecule has 9 nitrogen and oxygen atoms in total. The summed E-state index contributed by atoms with van der Waals surface area (Å²) in [4.78, 5) is 27.4. The van der Waals surface area contributed by atoms with Gasteiger partial charge in [0.05, 0.1) is 40.4 Å². The first-order valence-corrected chi connectivity index (χ1v) is 30.8. The molecule has 0 aliphatic carbocycles. The van der Waals surface area contributed by atoms with Crippen LogP contribution in [0.5, 0.6) is 0 Å². The van der Waals surface area contributed by atoms with Crippen LogP contribution in [0, 0.1) is 0 Å². The SMILES string of the molecule is Brc1cnc2oc3ccc4c5ccc6ccccc6c5ccc4c3c2n1.Clc1cccc(-c2cccc(-c3cnc4c(n3)oc3ccc5c6ccc7ccccc7c6ccc5c34)c2)c1.Clc1cnc2oc3ccc4c5ccc6ccccc6c5ccc4c3c2n1. The molecule has 0 bridgehead atoms. The predicted molar refractivity (Wildman–Crippen MR) is 374 cm³/mol. The number of furan rings is 3. The second kappa shape index (κ2) is 20.6. The van der Waals surface area contributed by atoms with Gasteiger partial charge in [-0.15, -0.1) is 0 Å². The Kier molecular flexibility index (Phi) is 12.0. The molecule has 6 aromatic heterocycles. The lowest BCUT2D eigenvalue weighted by Gasteiger charge is -2.08. The van der Waals surface area contributed by atoms with Gasteiger partial charge in [0, 0.05) is 10.6 Å². The second-order valence-corrected chi connectivity index (χ2v) is 24.1. The summed E-state index contributed by atoms with van der Waals surface area (Å²) in [7, 11) is 0. The Morgan fingerprint density at radius 1 is 0.289 bits per heavy atom. The molecule has 0 atom stereocenters. The maximum Gasteiger partial charge on any atom is 0.246 e. The lowest BCUT2D eigenvalue weighted by atomic mass is 9.95. The molecular formula is C78H41BrCl2N6O3. The van der Waals surface area contributed by atoms with E-state index >= 15 is 0 Å². The van der Waals surface area contributed by atoms with Crippen LogP contribution in [-0.2, 0) is 0 Å². The molecule has 90 heavy (non-hydrogen) atoms. The lowest BCUT2D eigenvalue weighted by Crippen LogP contribution is -1.88. The summed E-state index contributed by atoms with van der Waals surface area (Å²) in [6.45, 7) is 0. The molecule has 6 heterocycles. The molecule has 20 aromatic rings. The zero-order valence-corrected chi connectivity index (χ0v) is 50.3. The van der Waals surface area contributed by atoms with Crippen molar-refractivity contribution in [3.8, 4) is 22.4 Å². The minimum atomic E-state index is 0.365. The van der Waals surface area contributed by atoms with Gasteiger partial charge in [-0.3, -0.25) is 0 Å². The second-order valence-electron chi connectivity index (χ2n) is 22.4. The average Bonchev–Trinajstić information content (AvgIpc) is 1.53. The standard InChI is InChI=1S/C34H19ClN2O.C22H11BrN2O.C22H11ClN2O/c35-24-9-4-7-22(18-24)21-6-3-8-23(17-21)30-19-36-33-32-29-14-13-26-25-10-2-1-5-20(25)11-12-27(26)28(29)15-16-31(32)38-34(33)37-30;2*23-19-11-24-22-21(25-19)20-17-8-7-14-13-4-2-1-3-12(13)5-6-15(14)16(17)9-10-18(20)26-22/h1-19H;2*1-11H. The van der Waals surface area contributed by atoms with Gasteiger partial charge in [-0.25, -0.2) is 29.9 Å². The van der Waals surface area contributed by atoms with Crippen LogP contribution in [0.1, 0.15) is 0 Å². The fourth-order valence-electron chi connectivity index (χ4n) is 13.4. The molecule has 0 saturated carbocycles. The van der Waals surface area contributed by atoms with Gasteiger partial charge in [0.1, 0.15) is 43.1 Å². The number of hydrogen-bond donors (Lipinski definition) is 0. The van der Waals surface area contributed by atoms with Gasteiger partial charge in [-0.2, -0.15) is 0 Å². The summed E-state index contributed by atoms with van der Waals surface area (Å²) < 4.78 is 18.7. The normalized spacial score (nSPS) is 11.9. The quantitative estimate of drug-likeness (QED) is 0.156. The molecule has 0 saturated heterocycles. The Labute approximate surface area is 528 Å². The number of rotatable bonds is 2. The van der Waals surface area contributed by atoms with Crippen LogP contribution in [0.25, 0.3) is 186 Å². The lowest BCUT2D eigenvalue weighted by molar-refractivity contribution is 0.652. The molecule has 0 radical (unpaired) electrons. The van der Waals surface area contributed by atoms with Gasteiger partial charge >= 0.3 is 0 Å². The van der Waals surface area contributed by atoms with Crippen molar-refractivity contribution in [2.75, 3.05) is 0 Å². The fraction of sp³-hybridized carbons (Fsp3) is 0. The smallest absolute Gasteiger partial charge is 0.246 e. The first-order chi connectivity index (χ1) is 44.3. The van der Waals surface area contributed by atoms with Crippen LogP contribution in [0.3, 0.4) is 0 Å². The van der Waals surface area contributed by atoms with Gasteiger partial charge in [-0.05, 0) is 160 Å². The summed E-state index contributed by atoms with van der Waals surface area (Å²) >= 11 is 15.7. The highest BCUT2D eigenvalue weighted by Crippen LogP contribution is 2.42. The molecule has 422 valence electrons. The molecule has 0 spiro atoms. The maximum absolute atomic E-state index is 6.24. The fourth-order valence-corrected chi connectivity index (χ4v) is 14.0. The van der Waals surface area contributed by atoms with E-state index in [1.165, 1.54) is 87.0 Å². The van der Waals surface area contributed by atoms with Crippen molar-refractivity contribution in [3.05, 3.63) is 264 Å². The zero-order chi connectivity index (χ0) is 59.7. The molecule has 0 amide bonds. The van der Waals surface area contributed by atoms with E-state index in [1.54, 1.807) is 6.20 Å². The van der Waals surface area contributed by atoms with Crippen molar-refractivity contribution in [1.29, 1.82) is 0 Å². The van der Waals surface area contributed by atoms with Crippen LogP contribution in [0.15, 0.2) is 267 Å². The number of benzene rings is 14. The summed E-state index contributed by atoms with van der Waals surface area (Å²) in [6.07, 6.45) is 5.01. The van der Waals surface area contributed by atoms with Gasteiger partial charge in [-0.1, -0.05) is 217 Å².